The molecule has 106 valence electrons. The van der Waals surface area contributed by atoms with Gasteiger partial charge in [0.2, 0.25) is 0 Å². The van der Waals surface area contributed by atoms with Crippen molar-refractivity contribution in [1.82, 2.24) is 0 Å². The Hall–Kier alpha value is -3.00. The second-order valence-electron chi connectivity index (χ2n) is 4.26. The Kier molecular flexibility index (Phi) is 4.42. The highest BCUT2D eigenvalue weighted by atomic mass is 16.5. The summed E-state index contributed by atoms with van der Waals surface area (Å²) in [5, 5.41) is 17.7. The van der Waals surface area contributed by atoms with Crippen LogP contribution >= 0.6 is 0 Å². The highest BCUT2D eigenvalue weighted by Gasteiger charge is 2.05. The molecule has 2 aromatic carbocycles. The van der Waals surface area contributed by atoms with Crippen molar-refractivity contribution in [1.29, 1.82) is 5.26 Å². The molecule has 0 heterocycles. The third-order valence-corrected chi connectivity index (χ3v) is 2.89. The smallest absolute Gasteiger partial charge is 0.335 e. The lowest BCUT2D eigenvalue weighted by Crippen LogP contribution is -1.99. The molecule has 2 rings (SSSR count). The fraction of sp³-hybridized carbons (Fsp3) is 0.125. The fourth-order valence-electron chi connectivity index (χ4n) is 1.78. The average Bonchev–Trinajstić information content (AvgIpc) is 2.52. The number of nitriles is 1. The first-order valence-corrected chi connectivity index (χ1v) is 6.17. The Morgan fingerprint density at radius 3 is 2.52 bits per heavy atom. The highest BCUT2D eigenvalue weighted by Crippen LogP contribution is 2.21. The summed E-state index contributed by atoms with van der Waals surface area (Å²) in [5.74, 6) is 0.0986. The van der Waals surface area contributed by atoms with Crippen molar-refractivity contribution in [2.24, 2.45) is 0 Å². The largest absolute Gasteiger partial charge is 0.495 e. The van der Waals surface area contributed by atoms with Crippen molar-refractivity contribution < 1.29 is 19.4 Å². The zero-order valence-corrected chi connectivity index (χ0v) is 11.4. The summed E-state index contributed by atoms with van der Waals surface area (Å²) < 4.78 is 10.7. The Morgan fingerprint density at radius 1 is 1.24 bits per heavy atom. The van der Waals surface area contributed by atoms with Crippen LogP contribution in [0.3, 0.4) is 0 Å². The molecule has 0 saturated heterocycles. The van der Waals surface area contributed by atoms with Crippen molar-refractivity contribution in [3.63, 3.8) is 0 Å². The number of aromatic carboxylic acids is 1. The van der Waals surface area contributed by atoms with Gasteiger partial charge in [-0.05, 0) is 42.0 Å². The molecule has 0 aliphatic carbocycles. The van der Waals surface area contributed by atoms with Crippen LogP contribution in [0, 0.1) is 11.3 Å². The van der Waals surface area contributed by atoms with Crippen LogP contribution in [0.5, 0.6) is 11.5 Å². The zero-order chi connectivity index (χ0) is 15.2. The van der Waals surface area contributed by atoms with E-state index < -0.39 is 5.97 Å². The van der Waals surface area contributed by atoms with Gasteiger partial charge >= 0.3 is 5.97 Å². The number of rotatable bonds is 5. The summed E-state index contributed by atoms with van der Waals surface area (Å²) in [6.45, 7) is 0.300. The minimum absolute atomic E-state index is 0.211. The van der Waals surface area contributed by atoms with Crippen molar-refractivity contribution in [2.75, 3.05) is 7.11 Å². The summed E-state index contributed by atoms with van der Waals surface area (Å²) in [6.07, 6.45) is 0. The van der Waals surface area contributed by atoms with Crippen molar-refractivity contribution in [2.45, 2.75) is 6.61 Å². The molecular weight excluding hydrogens is 270 g/mol. The Balaban J connectivity index is 2.06. The van der Waals surface area contributed by atoms with E-state index in [0.29, 0.717) is 23.7 Å². The molecule has 0 aliphatic heterocycles. The van der Waals surface area contributed by atoms with Gasteiger partial charge in [-0.15, -0.1) is 0 Å². The third-order valence-electron chi connectivity index (χ3n) is 2.89. The SMILES string of the molecule is COc1cc(COc2ccc(C(=O)O)cc2)ccc1C#N. The molecule has 0 fully saturated rings. The topological polar surface area (TPSA) is 79.6 Å². The van der Waals surface area contributed by atoms with Crippen LogP contribution in [0.1, 0.15) is 21.5 Å². The second-order valence-corrected chi connectivity index (χ2v) is 4.26. The molecule has 0 saturated carbocycles. The fourth-order valence-corrected chi connectivity index (χ4v) is 1.78. The molecule has 0 spiro atoms. The number of ether oxygens (including phenoxy) is 2. The van der Waals surface area contributed by atoms with E-state index in [9.17, 15) is 4.79 Å². The lowest BCUT2D eigenvalue weighted by atomic mass is 10.1. The van der Waals surface area contributed by atoms with E-state index in [1.807, 2.05) is 6.07 Å². The summed E-state index contributed by atoms with van der Waals surface area (Å²) in [4.78, 5) is 10.7. The predicted molar refractivity (Wildman–Crippen MR) is 75.4 cm³/mol. The van der Waals surface area contributed by atoms with Gasteiger partial charge in [0.1, 0.15) is 24.2 Å². The van der Waals surface area contributed by atoms with Crippen LogP contribution in [-0.2, 0) is 6.61 Å². The van der Waals surface area contributed by atoms with E-state index in [1.54, 1.807) is 30.3 Å². The van der Waals surface area contributed by atoms with Crippen LogP contribution in [0.25, 0.3) is 0 Å². The molecule has 0 atom stereocenters. The normalized spacial score (nSPS) is 9.71. The van der Waals surface area contributed by atoms with Gasteiger partial charge in [-0.25, -0.2) is 4.79 Å². The quantitative estimate of drug-likeness (QED) is 0.912. The van der Waals surface area contributed by atoms with Crippen LogP contribution in [0.4, 0.5) is 0 Å². The molecule has 5 nitrogen and oxygen atoms in total. The zero-order valence-electron chi connectivity index (χ0n) is 11.4. The van der Waals surface area contributed by atoms with Crippen LogP contribution in [-0.4, -0.2) is 18.2 Å². The van der Waals surface area contributed by atoms with Crippen LogP contribution < -0.4 is 9.47 Å². The number of carbonyl (C=O) groups is 1. The van der Waals surface area contributed by atoms with Gasteiger partial charge in [0.25, 0.3) is 0 Å². The van der Waals surface area contributed by atoms with Gasteiger partial charge < -0.3 is 14.6 Å². The van der Waals surface area contributed by atoms with Gasteiger partial charge in [0.05, 0.1) is 18.2 Å². The first kappa shape index (κ1) is 14.4. The van der Waals surface area contributed by atoms with E-state index in [4.69, 9.17) is 19.8 Å². The van der Waals surface area contributed by atoms with E-state index in [1.165, 1.54) is 19.2 Å². The highest BCUT2D eigenvalue weighted by molar-refractivity contribution is 5.87. The molecule has 0 unspecified atom stereocenters. The molecule has 0 radical (unpaired) electrons. The van der Waals surface area contributed by atoms with Gasteiger partial charge in [-0.3, -0.25) is 0 Å². The maximum Gasteiger partial charge on any atom is 0.335 e. The maximum absolute atomic E-state index is 10.7. The lowest BCUT2D eigenvalue weighted by Gasteiger charge is -2.09. The molecule has 5 heteroatoms. The van der Waals surface area contributed by atoms with Gasteiger partial charge in [-0.2, -0.15) is 5.26 Å². The molecular formula is C16H13NO4. The van der Waals surface area contributed by atoms with Crippen LogP contribution in [0.15, 0.2) is 42.5 Å². The second kappa shape index (κ2) is 6.44. The first-order chi connectivity index (χ1) is 10.1. The summed E-state index contributed by atoms with van der Waals surface area (Å²) in [6, 6.07) is 13.4. The summed E-state index contributed by atoms with van der Waals surface area (Å²) in [5.41, 5.74) is 1.53. The van der Waals surface area contributed by atoms with E-state index in [-0.39, 0.29) is 5.56 Å². The molecule has 0 amide bonds. The molecule has 0 aromatic heterocycles. The molecule has 21 heavy (non-hydrogen) atoms. The number of carboxylic acids is 1. The van der Waals surface area contributed by atoms with Gasteiger partial charge in [-0.1, -0.05) is 6.07 Å². The number of hydrogen-bond donors (Lipinski definition) is 1. The van der Waals surface area contributed by atoms with E-state index in [0.717, 1.165) is 5.56 Å². The predicted octanol–water partition coefficient (Wildman–Crippen LogP) is 2.84. The summed E-state index contributed by atoms with van der Waals surface area (Å²) in [7, 11) is 1.51. The Bertz CT molecular complexity index is 686. The molecule has 1 N–H and O–H groups in total. The number of carboxylic acid groups (broad SMARTS) is 1. The number of hydrogen-bond acceptors (Lipinski definition) is 4. The van der Waals surface area contributed by atoms with Crippen molar-refractivity contribution in [3.05, 3.63) is 59.2 Å². The Labute approximate surface area is 122 Å². The minimum atomic E-state index is -0.974. The van der Waals surface area contributed by atoms with Gasteiger partial charge in [0, 0.05) is 0 Å². The lowest BCUT2D eigenvalue weighted by molar-refractivity contribution is 0.0697. The standard InChI is InChI=1S/C16H13NO4/c1-20-15-8-11(2-3-13(15)9-17)10-21-14-6-4-12(5-7-14)16(18)19/h2-8H,10H2,1H3,(H,18,19). The third kappa shape index (κ3) is 3.51. The summed E-state index contributed by atoms with van der Waals surface area (Å²) >= 11 is 0. The molecule has 0 aliphatic rings. The molecule has 2 aromatic rings. The maximum atomic E-state index is 10.7. The molecule has 0 bridgehead atoms. The minimum Gasteiger partial charge on any atom is -0.495 e. The van der Waals surface area contributed by atoms with Crippen LogP contribution in [0.2, 0.25) is 0 Å². The number of nitrogens with zero attached hydrogens (tertiary/aromatic N) is 1. The van der Waals surface area contributed by atoms with Crippen molar-refractivity contribution >= 4 is 5.97 Å². The van der Waals surface area contributed by atoms with E-state index >= 15 is 0 Å². The monoisotopic (exact) mass is 283 g/mol. The van der Waals surface area contributed by atoms with E-state index in [2.05, 4.69) is 0 Å². The first-order valence-electron chi connectivity index (χ1n) is 6.17. The number of benzene rings is 2. The number of methoxy groups -OCH3 is 1. The Morgan fingerprint density at radius 2 is 1.95 bits per heavy atom. The van der Waals surface area contributed by atoms with Gasteiger partial charge in [0.15, 0.2) is 0 Å². The van der Waals surface area contributed by atoms with Crippen molar-refractivity contribution in [3.8, 4) is 17.6 Å². The average molecular weight is 283 g/mol.